The summed E-state index contributed by atoms with van der Waals surface area (Å²) in [5.41, 5.74) is 1.70. The molecule has 0 fully saturated rings. The Labute approximate surface area is 84.9 Å². The number of benzene rings is 1. The van der Waals surface area contributed by atoms with E-state index in [0.29, 0.717) is 6.61 Å². The van der Waals surface area contributed by atoms with E-state index in [1.807, 2.05) is 24.3 Å². The predicted molar refractivity (Wildman–Crippen MR) is 56.4 cm³/mol. The molecule has 0 aliphatic heterocycles. The molecule has 2 nitrogen and oxygen atoms in total. The molecule has 1 aromatic carbocycles. The fourth-order valence-electron chi connectivity index (χ4n) is 1.21. The van der Waals surface area contributed by atoms with Gasteiger partial charge < -0.3 is 4.74 Å². The minimum atomic E-state index is 0.537. The first kappa shape index (κ1) is 10.9. The zero-order valence-electron chi connectivity index (χ0n) is 8.53. The summed E-state index contributed by atoms with van der Waals surface area (Å²) in [6, 6.07) is 7.52. The van der Waals surface area contributed by atoms with Gasteiger partial charge in [-0.25, -0.2) is 0 Å². The van der Waals surface area contributed by atoms with Crippen molar-refractivity contribution < 1.29 is 9.53 Å². The fraction of sp³-hybridized carbons (Fsp3) is 0.417. The van der Waals surface area contributed by atoms with Crippen LogP contribution in [0.5, 0.6) is 0 Å². The molecular formula is C12H16O2. The van der Waals surface area contributed by atoms with Crippen LogP contribution >= 0.6 is 0 Å². The van der Waals surface area contributed by atoms with Gasteiger partial charge >= 0.3 is 0 Å². The smallest absolute Gasteiger partial charge is 0.150 e. The number of unbranched alkanes of at least 4 members (excludes halogenated alkanes) is 1. The van der Waals surface area contributed by atoms with Gasteiger partial charge in [0.05, 0.1) is 6.61 Å². The van der Waals surface area contributed by atoms with Gasteiger partial charge in [0.15, 0.2) is 0 Å². The molecule has 0 N–H and O–H groups in total. The summed E-state index contributed by atoms with van der Waals surface area (Å²) in [6.07, 6.45) is 3.08. The van der Waals surface area contributed by atoms with Crippen molar-refractivity contribution in [3.63, 3.8) is 0 Å². The highest BCUT2D eigenvalue weighted by molar-refractivity contribution is 5.76. The Balaban J connectivity index is 2.45. The molecule has 0 unspecified atom stereocenters. The molecule has 14 heavy (non-hydrogen) atoms. The summed E-state index contributed by atoms with van der Waals surface area (Å²) in [7, 11) is 0. The van der Waals surface area contributed by atoms with E-state index in [2.05, 4.69) is 6.92 Å². The number of hydrogen-bond donors (Lipinski definition) is 0. The van der Waals surface area contributed by atoms with Gasteiger partial charge in [-0.05, 0) is 12.0 Å². The molecule has 0 amide bonds. The van der Waals surface area contributed by atoms with E-state index >= 15 is 0 Å². The SMILES string of the molecule is CCCCOCc1ccccc1C=O. The van der Waals surface area contributed by atoms with Crippen LogP contribution in [0.1, 0.15) is 35.7 Å². The zero-order chi connectivity index (χ0) is 10.2. The van der Waals surface area contributed by atoms with Gasteiger partial charge in [-0.1, -0.05) is 37.6 Å². The van der Waals surface area contributed by atoms with Gasteiger partial charge in [-0.3, -0.25) is 4.79 Å². The van der Waals surface area contributed by atoms with E-state index in [4.69, 9.17) is 4.74 Å². The predicted octanol–water partition coefficient (Wildman–Crippen LogP) is 2.82. The van der Waals surface area contributed by atoms with Crippen molar-refractivity contribution in [1.82, 2.24) is 0 Å². The molecule has 0 aromatic heterocycles. The second-order valence-corrected chi connectivity index (χ2v) is 3.22. The lowest BCUT2D eigenvalue weighted by Gasteiger charge is -2.05. The Morgan fingerprint density at radius 1 is 1.36 bits per heavy atom. The summed E-state index contributed by atoms with van der Waals surface area (Å²) in [5, 5.41) is 0. The van der Waals surface area contributed by atoms with Crippen LogP contribution in [-0.4, -0.2) is 12.9 Å². The van der Waals surface area contributed by atoms with Gasteiger partial charge in [0.25, 0.3) is 0 Å². The Bertz CT molecular complexity index is 281. The zero-order valence-corrected chi connectivity index (χ0v) is 8.53. The van der Waals surface area contributed by atoms with Crippen LogP contribution in [0.2, 0.25) is 0 Å². The third kappa shape index (κ3) is 3.30. The van der Waals surface area contributed by atoms with Crippen molar-refractivity contribution >= 4 is 6.29 Å². The number of aldehydes is 1. The first-order chi connectivity index (χ1) is 6.88. The Kier molecular flexibility index (Phi) is 4.94. The lowest BCUT2D eigenvalue weighted by Crippen LogP contribution is -1.98. The van der Waals surface area contributed by atoms with Crippen molar-refractivity contribution in [2.24, 2.45) is 0 Å². The lowest BCUT2D eigenvalue weighted by molar-refractivity contribution is 0.109. The first-order valence-corrected chi connectivity index (χ1v) is 4.99. The van der Waals surface area contributed by atoms with Gasteiger partial charge in [0, 0.05) is 12.2 Å². The highest BCUT2D eigenvalue weighted by Gasteiger charge is 1.99. The minimum Gasteiger partial charge on any atom is -0.377 e. The number of rotatable bonds is 6. The highest BCUT2D eigenvalue weighted by Crippen LogP contribution is 2.07. The summed E-state index contributed by atoms with van der Waals surface area (Å²) in [6.45, 7) is 3.43. The molecule has 2 heteroatoms. The van der Waals surface area contributed by atoms with E-state index in [1.165, 1.54) is 0 Å². The molecule has 0 atom stereocenters. The third-order valence-corrected chi connectivity index (χ3v) is 2.08. The lowest BCUT2D eigenvalue weighted by atomic mass is 10.1. The molecule has 1 aromatic rings. The van der Waals surface area contributed by atoms with Crippen LogP contribution in [-0.2, 0) is 11.3 Å². The van der Waals surface area contributed by atoms with E-state index in [0.717, 1.165) is 36.9 Å². The van der Waals surface area contributed by atoms with E-state index in [1.54, 1.807) is 0 Å². The monoisotopic (exact) mass is 192 g/mol. The number of carbonyl (C=O) groups excluding carboxylic acids is 1. The second kappa shape index (κ2) is 6.33. The molecular weight excluding hydrogens is 176 g/mol. The maximum atomic E-state index is 10.7. The molecule has 0 spiro atoms. The van der Waals surface area contributed by atoms with Crippen LogP contribution in [0.4, 0.5) is 0 Å². The molecule has 76 valence electrons. The Morgan fingerprint density at radius 3 is 2.86 bits per heavy atom. The van der Waals surface area contributed by atoms with Crippen LogP contribution in [0.25, 0.3) is 0 Å². The van der Waals surface area contributed by atoms with Crippen molar-refractivity contribution in [1.29, 1.82) is 0 Å². The van der Waals surface area contributed by atoms with Crippen molar-refractivity contribution in [3.8, 4) is 0 Å². The maximum Gasteiger partial charge on any atom is 0.150 e. The normalized spacial score (nSPS) is 10.1. The molecule has 0 saturated carbocycles. The van der Waals surface area contributed by atoms with Crippen LogP contribution in [0.3, 0.4) is 0 Å². The quantitative estimate of drug-likeness (QED) is 0.511. The largest absolute Gasteiger partial charge is 0.377 e. The van der Waals surface area contributed by atoms with E-state index in [9.17, 15) is 4.79 Å². The number of carbonyl (C=O) groups is 1. The summed E-state index contributed by atoms with van der Waals surface area (Å²) in [4.78, 5) is 10.7. The van der Waals surface area contributed by atoms with Gasteiger partial charge in [-0.2, -0.15) is 0 Å². The van der Waals surface area contributed by atoms with Crippen LogP contribution in [0, 0.1) is 0 Å². The molecule has 0 bridgehead atoms. The Morgan fingerprint density at radius 2 is 2.14 bits per heavy atom. The standard InChI is InChI=1S/C12H16O2/c1-2-3-8-14-10-12-7-5-4-6-11(12)9-13/h4-7,9H,2-3,8,10H2,1H3. The van der Waals surface area contributed by atoms with Crippen LogP contribution in [0.15, 0.2) is 24.3 Å². The van der Waals surface area contributed by atoms with Crippen LogP contribution < -0.4 is 0 Å². The van der Waals surface area contributed by atoms with Crippen molar-refractivity contribution in [2.75, 3.05) is 6.61 Å². The topological polar surface area (TPSA) is 26.3 Å². The minimum absolute atomic E-state index is 0.537. The Hall–Kier alpha value is -1.15. The average Bonchev–Trinajstić information content (AvgIpc) is 2.25. The molecule has 0 radical (unpaired) electrons. The first-order valence-electron chi connectivity index (χ1n) is 4.99. The summed E-state index contributed by atoms with van der Waals surface area (Å²) < 4.78 is 5.44. The van der Waals surface area contributed by atoms with Gasteiger partial charge in [-0.15, -0.1) is 0 Å². The number of hydrogen-bond acceptors (Lipinski definition) is 2. The van der Waals surface area contributed by atoms with E-state index < -0.39 is 0 Å². The molecule has 0 saturated heterocycles. The maximum absolute atomic E-state index is 10.7. The molecule has 1 rings (SSSR count). The summed E-state index contributed by atoms with van der Waals surface area (Å²) >= 11 is 0. The van der Waals surface area contributed by atoms with Crippen molar-refractivity contribution in [2.45, 2.75) is 26.4 Å². The average molecular weight is 192 g/mol. The van der Waals surface area contributed by atoms with Crippen molar-refractivity contribution in [3.05, 3.63) is 35.4 Å². The van der Waals surface area contributed by atoms with E-state index in [-0.39, 0.29) is 0 Å². The fourth-order valence-corrected chi connectivity index (χ4v) is 1.21. The van der Waals surface area contributed by atoms with Gasteiger partial charge in [0.2, 0.25) is 0 Å². The van der Waals surface area contributed by atoms with Gasteiger partial charge in [0.1, 0.15) is 6.29 Å². The second-order valence-electron chi connectivity index (χ2n) is 3.22. The molecule has 0 aliphatic carbocycles. The third-order valence-electron chi connectivity index (χ3n) is 2.08. The summed E-state index contributed by atoms with van der Waals surface area (Å²) in [5.74, 6) is 0. The molecule has 0 aliphatic rings. The highest BCUT2D eigenvalue weighted by atomic mass is 16.5. The molecule has 0 heterocycles. The number of ether oxygens (including phenoxy) is 1.